The van der Waals surface area contributed by atoms with E-state index < -0.39 is 0 Å². The van der Waals surface area contributed by atoms with Gasteiger partial charge in [-0.2, -0.15) is 9.61 Å². The van der Waals surface area contributed by atoms with Gasteiger partial charge in [-0.05, 0) is 18.9 Å². The highest BCUT2D eigenvalue weighted by Gasteiger charge is 2.31. The van der Waals surface area contributed by atoms with Crippen molar-refractivity contribution in [2.75, 3.05) is 31.1 Å². The van der Waals surface area contributed by atoms with Crippen molar-refractivity contribution in [2.45, 2.75) is 19.3 Å². The number of fused-ring (bicyclic) bond motifs is 1. The maximum atomic E-state index is 12.3. The Morgan fingerprint density at radius 1 is 1.10 bits per heavy atom. The lowest BCUT2D eigenvalue weighted by Gasteiger charge is -2.39. The Hall–Kier alpha value is -2.11. The van der Waals surface area contributed by atoms with Gasteiger partial charge in [-0.25, -0.2) is 4.98 Å². The predicted molar refractivity (Wildman–Crippen MR) is 79.1 cm³/mol. The minimum Gasteiger partial charge on any atom is -0.353 e. The van der Waals surface area contributed by atoms with E-state index in [1.165, 1.54) is 6.42 Å². The highest BCUT2D eigenvalue weighted by atomic mass is 16.2. The number of rotatable bonds is 2. The lowest BCUT2D eigenvalue weighted by Crippen LogP contribution is -2.51. The topological polar surface area (TPSA) is 53.7 Å². The highest BCUT2D eigenvalue weighted by Crippen LogP contribution is 2.29. The number of hydrogen-bond acceptors (Lipinski definition) is 4. The Morgan fingerprint density at radius 3 is 2.62 bits per heavy atom. The van der Waals surface area contributed by atoms with Crippen molar-refractivity contribution in [1.29, 1.82) is 0 Å². The van der Waals surface area contributed by atoms with Crippen LogP contribution in [0.4, 0.5) is 5.82 Å². The highest BCUT2D eigenvalue weighted by molar-refractivity contribution is 5.79. The average molecular weight is 285 g/mol. The number of amides is 1. The van der Waals surface area contributed by atoms with E-state index in [0.29, 0.717) is 11.8 Å². The number of hydrogen-bond donors (Lipinski definition) is 0. The number of carbonyl (C=O) groups is 1. The summed E-state index contributed by atoms with van der Waals surface area (Å²) in [6.45, 7) is 3.33. The maximum absolute atomic E-state index is 12.3. The first kappa shape index (κ1) is 12.6. The number of nitrogens with zero attached hydrogens (tertiary/aromatic N) is 5. The second-order valence-corrected chi connectivity index (χ2v) is 5.84. The SMILES string of the molecule is O=C(C1CCC1)N1CCN(c2ccnc3ccnn23)CC1. The van der Waals surface area contributed by atoms with Gasteiger partial charge in [0, 0.05) is 44.4 Å². The first-order valence-electron chi connectivity index (χ1n) is 7.65. The smallest absolute Gasteiger partial charge is 0.225 e. The molecule has 1 saturated heterocycles. The van der Waals surface area contributed by atoms with Gasteiger partial charge < -0.3 is 9.80 Å². The van der Waals surface area contributed by atoms with Crippen molar-refractivity contribution in [1.82, 2.24) is 19.5 Å². The number of piperazine rings is 1. The normalized spacial score (nSPS) is 19.8. The van der Waals surface area contributed by atoms with Gasteiger partial charge in [-0.1, -0.05) is 6.42 Å². The summed E-state index contributed by atoms with van der Waals surface area (Å²) in [5, 5.41) is 4.33. The molecular weight excluding hydrogens is 266 g/mol. The summed E-state index contributed by atoms with van der Waals surface area (Å²) in [7, 11) is 0. The fourth-order valence-electron chi connectivity index (χ4n) is 3.13. The van der Waals surface area contributed by atoms with Crippen molar-refractivity contribution in [2.24, 2.45) is 5.92 Å². The van der Waals surface area contributed by atoms with Gasteiger partial charge in [-0.15, -0.1) is 0 Å². The Bertz CT molecular complexity index is 655. The van der Waals surface area contributed by atoms with Crippen LogP contribution in [0.25, 0.3) is 5.65 Å². The van der Waals surface area contributed by atoms with Gasteiger partial charge in [0.2, 0.25) is 5.91 Å². The third kappa shape index (κ3) is 2.14. The summed E-state index contributed by atoms with van der Waals surface area (Å²) in [4.78, 5) is 20.9. The van der Waals surface area contributed by atoms with Gasteiger partial charge in [0.05, 0.1) is 6.20 Å². The van der Waals surface area contributed by atoms with Crippen molar-refractivity contribution >= 4 is 17.4 Å². The van der Waals surface area contributed by atoms with Gasteiger partial charge in [0.15, 0.2) is 5.65 Å². The van der Waals surface area contributed by atoms with E-state index in [0.717, 1.165) is 50.5 Å². The van der Waals surface area contributed by atoms with Crippen LogP contribution in [-0.4, -0.2) is 51.6 Å². The van der Waals surface area contributed by atoms with Crippen molar-refractivity contribution < 1.29 is 4.79 Å². The predicted octanol–water partition coefficient (Wildman–Crippen LogP) is 1.18. The molecule has 1 amide bonds. The van der Waals surface area contributed by atoms with Gasteiger partial charge in [0.1, 0.15) is 5.82 Å². The molecule has 0 N–H and O–H groups in total. The molecule has 0 radical (unpaired) electrons. The molecule has 2 aromatic heterocycles. The molecule has 0 bridgehead atoms. The van der Waals surface area contributed by atoms with E-state index in [2.05, 4.69) is 15.0 Å². The Kier molecular flexibility index (Phi) is 3.02. The molecule has 1 aliphatic heterocycles. The second kappa shape index (κ2) is 5.02. The molecule has 21 heavy (non-hydrogen) atoms. The lowest BCUT2D eigenvalue weighted by atomic mass is 9.84. The van der Waals surface area contributed by atoms with Crippen molar-refractivity contribution in [3.63, 3.8) is 0 Å². The van der Waals surface area contributed by atoms with E-state index in [1.54, 1.807) is 6.20 Å². The summed E-state index contributed by atoms with van der Waals surface area (Å²) in [5.41, 5.74) is 0.862. The molecule has 4 rings (SSSR count). The molecule has 110 valence electrons. The molecule has 1 aliphatic carbocycles. The number of aromatic nitrogens is 3. The molecule has 2 aromatic rings. The summed E-state index contributed by atoms with van der Waals surface area (Å²) in [5.74, 6) is 1.72. The zero-order chi connectivity index (χ0) is 14.2. The zero-order valence-corrected chi connectivity index (χ0v) is 12.0. The molecular formula is C15H19N5O. The van der Waals surface area contributed by atoms with Crippen LogP contribution in [0.15, 0.2) is 24.5 Å². The van der Waals surface area contributed by atoms with Gasteiger partial charge in [0.25, 0.3) is 0 Å². The van der Waals surface area contributed by atoms with Crippen LogP contribution in [0.5, 0.6) is 0 Å². The summed E-state index contributed by atoms with van der Waals surface area (Å²) in [6, 6.07) is 3.89. The van der Waals surface area contributed by atoms with E-state index in [9.17, 15) is 4.79 Å². The zero-order valence-electron chi connectivity index (χ0n) is 12.0. The summed E-state index contributed by atoms with van der Waals surface area (Å²) >= 11 is 0. The van der Waals surface area contributed by atoms with Crippen molar-refractivity contribution in [3.05, 3.63) is 24.5 Å². The fourth-order valence-corrected chi connectivity index (χ4v) is 3.13. The first-order chi connectivity index (χ1) is 10.3. The fraction of sp³-hybridized carbons (Fsp3) is 0.533. The third-order valence-electron chi connectivity index (χ3n) is 4.64. The van der Waals surface area contributed by atoms with Crippen molar-refractivity contribution in [3.8, 4) is 0 Å². The van der Waals surface area contributed by atoms with E-state index in [-0.39, 0.29) is 0 Å². The van der Waals surface area contributed by atoms with Crippen LogP contribution in [-0.2, 0) is 4.79 Å². The number of anilines is 1. The average Bonchev–Trinajstić information content (AvgIpc) is 2.94. The molecule has 3 heterocycles. The Balaban J connectivity index is 1.47. The molecule has 1 saturated carbocycles. The van der Waals surface area contributed by atoms with E-state index >= 15 is 0 Å². The summed E-state index contributed by atoms with van der Waals surface area (Å²) in [6.07, 6.45) is 6.96. The second-order valence-electron chi connectivity index (χ2n) is 5.84. The molecule has 0 unspecified atom stereocenters. The molecule has 6 heteroatoms. The van der Waals surface area contributed by atoms with Crippen LogP contribution < -0.4 is 4.90 Å². The Labute approximate surface area is 123 Å². The van der Waals surface area contributed by atoms with Crippen LogP contribution >= 0.6 is 0 Å². The van der Waals surface area contributed by atoms with Gasteiger partial charge in [-0.3, -0.25) is 4.79 Å². The van der Waals surface area contributed by atoms with E-state index in [1.807, 2.05) is 27.7 Å². The summed E-state index contributed by atoms with van der Waals surface area (Å²) < 4.78 is 1.86. The Morgan fingerprint density at radius 2 is 1.90 bits per heavy atom. The van der Waals surface area contributed by atoms with Crippen LogP contribution in [0.1, 0.15) is 19.3 Å². The standard InChI is InChI=1S/C15H19N5O/c21-15(12-2-1-3-12)19-10-8-18(9-11-19)14-5-6-16-13-4-7-17-20(13)14/h4-7,12H,1-3,8-11H2. The van der Waals surface area contributed by atoms with Crippen LogP contribution in [0.2, 0.25) is 0 Å². The van der Waals surface area contributed by atoms with Crippen LogP contribution in [0, 0.1) is 5.92 Å². The first-order valence-corrected chi connectivity index (χ1v) is 7.65. The lowest BCUT2D eigenvalue weighted by molar-refractivity contribution is -0.138. The molecule has 0 atom stereocenters. The molecule has 0 spiro atoms. The molecule has 2 aliphatic rings. The third-order valence-corrected chi connectivity index (χ3v) is 4.64. The van der Waals surface area contributed by atoms with Gasteiger partial charge >= 0.3 is 0 Å². The largest absolute Gasteiger partial charge is 0.353 e. The minimum atomic E-state index is 0.301. The monoisotopic (exact) mass is 285 g/mol. The maximum Gasteiger partial charge on any atom is 0.225 e. The van der Waals surface area contributed by atoms with Crippen LogP contribution in [0.3, 0.4) is 0 Å². The number of carbonyl (C=O) groups excluding carboxylic acids is 1. The molecule has 6 nitrogen and oxygen atoms in total. The molecule has 0 aromatic carbocycles. The quantitative estimate of drug-likeness (QED) is 0.831. The van der Waals surface area contributed by atoms with E-state index in [4.69, 9.17) is 0 Å². The minimum absolute atomic E-state index is 0.301. The molecule has 2 fully saturated rings.